The molecule has 1 aromatic carbocycles. The fourth-order valence-electron chi connectivity index (χ4n) is 6.58. The van der Waals surface area contributed by atoms with Crippen molar-refractivity contribution in [1.29, 1.82) is 0 Å². The van der Waals surface area contributed by atoms with E-state index in [2.05, 4.69) is 55.6 Å². The Hall–Kier alpha value is -2.09. The summed E-state index contributed by atoms with van der Waals surface area (Å²) < 4.78 is 0. The molecule has 0 heterocycles. The molecule has 1 unspecified atom stereocenters. The van der Waals surface area contributed by atoms with Crippen molar-refractivity contribution in [3.63, 3.8) is 0 Å². The van der Waals surface area contributed by atoms with Crippen LogP contribution in [0.3, 0.4) is 0 Å². The molecule has 0 saturated heterocycles. The molecule has 4 bridgehead atoms. The summed E-state index contributed by atoms with van der Waals surface area (Å²) in [7, 11) is 0. The minimum Gasteiger partial charge on any atom is -0.352 e. The van der Waals surface area contributed by atoms with E-state index in [4.69, 9.17) is 0 Å². The number of hydrogen-bond acceptors (Lipinski definition) is 1. The quantitative estimate of drug-likeness (QED) is 0.289. The maximum atomic E-state index is 12.3. The van der Waals surface area contributed by atoms with Crippen molar-refractivity contribution in [2.75, 3.05) is 6.54 Å². The number of nitrogens with one attached hydrogen (secondary N) is 1. The third kappa shape index (κ3) is 6.49. The Bertz CT molecular complexity index is 858. The molecule has 0 radical (unpaired) electrons. The molecule has 5 rings (SSSR count). The second-order valence-corrected chi connectivity index (χ2v) is 11.0. The van der Waals surface area contributed by atoms with Crippen molar-refractivity contribution in [2.24, 2.45) is 29.6 Å². The fraction of sp³-hybridized carbons (Fsp3) is 0.581. The Morgan fingerprint density at radius 1 is 1.00 bits per heavy atom. The highest BCUT2D eigenvalue weighted by atomic mass is 16.1. The molecule has 4 saturated carbocycles. The third-order valence-corrected chi connectivity index (χ3v) is 8.36. The van der Waals surface area contributed by atoms with Gasteiger partial charge in [-0.1, -0.05) is 81.2 Å². The first kappa shape index (κ1) is 24.0. The predicted octanol–water partition coefficient (Wildman–Crippen LogP) is 7.82. The molecule has 2 nitrogen and oxygen atoms in total. The molecule has 178 valence electrons. The van der Waals surface area contributed by atoms with Gasteiger partial charge in [-0.15, -0.1) is 0 Å². The minimum atomic E-state index is 0.0183. The van der Waals surface area contributed by atoms with E-state index in [0.717, 1.165) is 42.2 Å². The average Bonchev–Trinajstić information content (AvgIpc) is 2.80. The molecular weight excluding hydrogens is 402 g/mol. The SMILES string of the molecule is CCCCC(CC)CNC(=O)/C=C(C)/C=C/c1ccc(C=C2C3CC4CC(C3)CC2C4)cc1. The molecule has 33 heavy (non-hydrogen) atoms. The van der Waals surface area contributed by atoms with E-state index in [0.29, 0.717) is 5.92 Å². The van der Waals surface area contributed by atoms with Crippen LogP contribution in [0.15, 0.2) is 47.6 Å². The van der Waals surface area contributed by atoms with Gasteiger partial charge in [-0.05, 0) is 91.7 Å². The highest BCUT2D eigenvalue weighted by molar-refractivity contribution is 5.88. The predicted molar refractivity (Wildman–Crippen MR) is 141 cm³/mol. The molecule has 4 aliphatic rings. The van der Waals surface area contributed by atoms with E-state index in [-0.39, 0.29) is 5.91 Å². The van der Waals surface area contributed by atoms with Crippen LogP contribution in [-0.2, 0) is 4.79 Å². The van der Waals surface area contributed by atoms with Gasteiger partial charge in [0.05, 0.1) is 0 Å². The maximum absolute atomic E-state index is 12.3. The molecule has 2 heteroatoms. The van der Waals surface area contributed by atoms with E-state index in [9.17, 15) is 4.79 Å². The van der Waals surface area contributed by atoms with Gasteiger partial charge in [0.25, 0.3) is 0 Å². The van der Waals surface area contributed by atoms with Crippen LogP contribution in [0.4, 0.5) is 0 Å². The molecule has 0 aromatic heterocycles. The van der Waals surface area contributed by atoms with E-state index in [1.54, 1.807) is 11.6 Å². The number of rotatable bonds is 10. The largest absolute Gasteiger partial charge is 0.352 e. The molecular formula is C31H43NO. The second kappa shape index (κ2) is 11.4. The van der Waals surface area contributed by atoms with Crippen molar-refractivity contribution in [2.45, 2.75) is 78.6 Å². The van der Waals surface area contributed by atoms with Crippen LogP contribution in [0.25, 0.3) is 12.2 Å². The molecule has 1 N–H and O–H groups in total. The Kier molecular flexibility index (Phi) is 8.28. The summed E-state index contributed by atoms with van der Waals surface area (Å²) >= 11 is 0. The van der Waals surface area contributed by atoms with E-state index in [1.807, 2.05) is 13.0 Å². The molecule has 0 spiro atoms. The number of carbonyl (C=O) groups excluding carboxylic acids is 1. The van der Waals surface area contributed by atoms with Crippen LogP contribution in [0, 0.1) is 29.6 Å². The van der Waals surface area contributed by atoms with Crippen LogP contribution in [0.2, 0.25) is 0 Å². The molecule has 4 fully saturated rings. The lowest BCUT2D eigenvalue weighted by Gasteiger charge is -2.51. The van der Waals surface area contributed by atoms with Gasteiger partial charge in [0, 0.05) is 12.6 Å². The van der Waals surface area contributed by atoms with Crippen LogP contribution in [0.5, 0.6) is 0 Å². The molecule has 1 atom stereocenters. The number of amides is 1. The normalized spacial score (nSPS) is 27.2. The summed E-state index contributed by atoms with van der Waals surface area (Å²) in [5.41, 5.74) is 5.25. The molecule has 1 amide bonds. The first-order valence-corrected chi connectivity index (χ1v) is 13.5. The number of unbranched alkanes of at least 4 members (excludes halogenated alkanes) is 1. The van der Waals surface area contributed by atoms with Gasteiger partial charge in [0.15, 0.2) is 0 Å². The topological polar surface area (TPSA) is 29.1 Å². The summed E-state index contributed by atoms with van der Waals surface area (Å²) in [5.74, 6) is 4.36. The maximum Gasteiger partial charge on any atom is 0.244 e. The summed E-state index contributed by atoms with van der Waals surface area (Å²) in [4.78, 5) is 12.3. The van der Waals surface area contributed by atoms with E-state index < -0.39 is 0 Å². The van der Waals surface area contributed by atoms with Gasteiger partial charge in [-0.3, -0.25) is 4.79 Å². The molecule has 4 aliphatic carbocycles. The van der Waals surface area contributed by atoms with Crippen LogP contribution < -0.4 is 5.32 Å². The van der Waals surface area contributed by atoms with Crippen LogP contribution in [0.1, 0.15) is 89.7 Å². The second-order valence-electron chi connectivity index (χ2n) is 11.0. The lowest BCUT2D eigenvalue weighted by atomic mass is 9.54. The van der Waals surface area contributed by atoms with Crippen molar-refractivity contribution in [3.8, 4) is 0 Å². The third-order valence-electron chi connectivity index (χ3n) is 8.36. The first-order chi connectivity index (χ1) is 16.0. The van der Waals surface area contributed by atoms with Crippen molar-refractivity contribution in [3.05, 3.63) is 58.7 Å². The Balaban J connectivity index is 1.29. The lowest BCUT2D eigenvalue weighted by molar-refractivity contribution is -0.116. The zero-order valence-corrected chi connectivity index (χ0v) is 21.0. The minimum absolute atomic E-state index is 0.0183. The van der Waals surface area contributed by atoms with Gasteiger partial charge < -0.3 is 5.32 Å². The van der Waals surface area contributed by atoms with Gasteiger partial charge in [0.1, 0.15) is 0 Å². The van der Waals surface area contributed by atoms with E-state index >= 15 is 0 Å². The summed E-state index contributed by atoms with van der Waals surface area (Å²) in [6.07, 6.45) is 20.4. The molecule has 0 aliphatic heterocycles. The summed E-state index contributed by atoms with van der Waals surface area (Å²) in [6.45, 7) is 7.21. The van der Waals surface area contributed by atoms with Crippen LogP contribution in [-0.4, -0.2) is 12.5 Å². The number of benzene rings is 1. The zero-order chi connectivity index (χ0) is 23.2. The van der Waals surface area contributed by atoms with E-state index in [1.165, 1.54) is 62.5 Å². The van der Waals surface area contributed by atoms with Crippen molar-refractivity contribution in [1.82, 2.24) is 5.32 Å². The monoisotopic (exact) mass is 445 g/mol. The average molecular weight is 446 g/mol. The standard InChI is InChI=1S/C31H43NO/c1-4-6-7-23(5-2)21-32-31(33)14-22(3)8-9-24-10-12-25(13-11-24)20-30-28-16-26-15-27(18-28)19-29(30)17-26/h8-14,20,23,26-29H,4-7,15-19,21H2,1-3H3,(H,32,33)/b9-8+,22-14+,30-20?. The van der Waals surface area contributed by atoms with Gasteiger partial charge in [-0.25, -0.2) is 0 Å². The summed E-state index contributed by atoms with van der Waals surface area (Å²) in [6, 6.07) is 8.91. The molecule has 1 aromatic rings. The zero-order valence-electron chi connectivity index (χ0n) is 21.0. The van der Waals surface area contributed by atoms with Gasteiger partial charge in [0.2, 0.25) is 5.91 Å². The highest BCUT2D eigenvalue weighted by Gasteiger charge is 2.44. The Morgan fingerprint density at radius 2 is 1.64 bits per heavy atom. The lowest BCUT2D eigenvalue weighted by Crippen LogP contribution is -2.40. The van der Waals surface area contributed by atoms with Gasteiger partial charge >= 0.3 is 0 Å². The summed E-state index contributed by atoms with van der Waals surface area (Å²) in [5, 5.41) is 3.08. The first-order valence-electron chi connectivity index (χ1n) is 13.5. The highest BCUT2D eigenvalue weighted by Crippen LogP contribution is 2.56. The van der Waals surface area contributed by atoms with Crippen molar-refractivity contribution >= 4 is 18.1 Å². The smallest absolute Gasteiger partial charge is 0.244 e. The Labute approximate surface area is 201 Å². The van der Waals surface area contributed by atoms with Gasteiger partial charge in [-0.2, -0.15) is 0 Å². The Morgan fingerprint density at radius 3 is 2.24 bits per heavy atom. The number of carbonyl (C=O) groups is 1. The van der Waals surface area contributed by atoms with Crippen LogP contribution >= 0.6 is 0 Å². The number of allylic oxidation sites excluding steroid dienone is 3. The number of hydrogen-bond donors (Lipinski definition) is 1. The van der Waals surface area contributed by atoms with Crippen molar-refractivity contribution < 1.29 is 4.79 Å². The fourth-order valence-corrected chi connectivity index (χ4v) is 6.58.